The minimum atomic E-state index is -0.672. The molecule has 0 radical (unpaired) electrons. The highest BCUT2D eigenvalue weighted by Crippen LogP contribution is 2.41. The summed E-state index contributed by atoms with van der Waals surface area (Å²) in [5, 5.41) is 2.72. The number of primary amides is 1. The first kappa shape index (κ1) is 20.7. The monoisotopic (exact) mass is 426 g/mol. The number of carbonyl (C=O) groups is 2. The summed E-state index contributed by atoms with van der Waals surface area (Å²) in [5.41, 5.74) is 6.83. The van der Waals surface area contributed by atoms with Crippen molar-refractivity contribution in [1.82, 2.24) is 19.8 Å². The Bertz CT molecular complexity index is 988. The van der Waals surface area contributed by atoms with Crippen molar-refractivity contribution in [3.63, 3.8) is 0 Å². The second kappa shape index (κ2) is 9.07. The number of amides is 2. The average Bonchev–Trinajstić information content (AvgIpc) is 3.36. The highest BCUT2D eigenvalue weighted by Gasteiger charge is 2.40. The van der Waals surface area contributed by atoms with Gasteiger partial charge in [-0.15, -0.1) is 0 Å². The van der Waals surface area contributed by atoms with Crippen LogP contribution in [0.5, 0.6) is 11.5 Å². The number of methoxy groups -OCH3 is 1. The Hall–Kier alpha value is -3.56. The molecule has 3 heterocycles. The van der Waals surface area contributed by atoms with Gasteiger partial charge in [0.1, 0.15) is 6.04 Å². The van der Waals surface area contributed by atoms with Crippen LogP contribution in [0.15, 0.2) is 35.8 Å². The number of imidazole rings is 1. The second-order valence-electron chi connectivity index (χ2n) is 7.54. The van der Waals surface area contributed by atoms with E-state index in [1.54, 1.807) is 18.2 Å². The minimum absolute atomic E-state index is 0.0717. The van der Waals surface area contributed by atoms with Crippen molar-refractivity contribution in [3.8, 4) is 11.5 Å². The number of aromatic nitrogens is 2. The molecular weight excluding hydrogens is 400 g/mol. The van der Waals surface area contributed by atoms with E-state index in [1.807, 2.05) is 24.7 Å². The van der Waals surface area contributed by atoms with E-state index >= 15 is 0 Å². The molecule has 31 heavy (non-hydrogen) atoms. The van der Waals surface area contributed by atoms with E-state index in [0.717, 1.165) is 31.4 Å². The van der Waals surface area contributed by atoms with E-state index in [-0.39, 0.29) is 12.3 Å². The summed E-state index contributed by atoms with van der Waals surface area (Å²) >= 11 is 0. The highest BCUT2D eigenvalue weighted by molar-refractivity contribution is 6.09. The largest absolute Gasteiger partial charge is 0.492 e. The predicted octanol–water partition coefficient (Wildman–Crippen LogP) is 1.32. The number of hydrogen-bond acceptors (Lipinski definition) is 7. The first-order valence-corrected chi connectivity index (χ1v) is 10.3. The summed E-state index contributed by atoms with van der Waals surface area (Å²) in [4.78, 5) is 33.9. The van der Waals surface area contributed by atoms with Crippen LogP contribution in [0.3, 0.4) is 0 Å². The number of unbranched alkanes of at least 4 members (excludes halogenated alkanes) is 2. The van der Waals surface area contributed by atoms with Gasteiger partial charge in [-0.3, -0.25) is 14.9 Å². The quantitative estimate of drug-likeness (QED) is 0.552. The summed E-state index contributed by atoms with van der Waals surface area (Å²) in [6.07, 6.45) is 8.49. The molecule has 1 unspecified atom stereocenters. The predicted molar refractivity (Wildman–Crippen MR) is 113 cm³/mol. The number of carbonyl (C=O) groups excluding carboxylic acids is 2. The van der Waals surface area contributed by atoms with Crippen LogP contribution < -0.4 is 20.5 Å². The zero-order valence-electron chi connectivity index (χ0n) is 17.4. The third kappa shape index (κ3) is 4.47. The molecule has 4 rings (SSSR count). The number of nitrogens with one attached hydrogen (secondary N) is 1. The molecule has 2 aromatic rings. The fourth-order valence-corrected chi connectivity index (χ4v) is 3.87. The fraction of sp³-hybridized carbons (Fsp3) is 0.429. The summed E-state index contributed by atoms with van der Waals surface area (Å²) in [6, 6.07) is 3.01. The Balaban J connectivity index is 1.39. The maximum atomic E-state index is 12.2. The normalized spacial score (nSPS) is 16.9. The molecule has 3 N–H and O–H groups in total. The molecule has 1 aromatic carbocycles. The minimum Gasteiger partial charge on any atom is -0.492 e. The Morgan fingerprint density at radius 2 is 2.19 bits per heavy atom. The smallest absolute Gasteiger partial charge is 0.250 e. The van der Waals surface area contributed by atoms with Gasteiger partial charge in [0, 0.05) is 24.5 Å². The van der Waals surface area contributed by atoms with Gasteiger partial charge < -0.3 is 24.7 Å². The number of aryl methyl sites for hydroxylation is 1. The van der Waals surface area contributed by atoms with Gasteiger partial charge in [0.25, 0.3) is 0 Å². The van der Waals surface area contributed by atoms with Crippen molar-refractivity contribution in [2.45, 2.75) is 44.8 Å². The second-order valence-corrected chi connectivity index (χ2v) is 7.54. The molecule has 1 atom stereocenters. The first-order valence-electron chi connectivity index (χ1n) is 10.3. The Morgan fingerprint density at radius 3 is 2.94 bits per heavy atom. The molecule has 0 saturated carbocycles. The van der Waals surface area contributed by atoms with Gasteiger partial charge in [-0.05, 0) is 31.4 Å². The van der Waals surface area contributed by atoms with E-state index in [9.17, 15) is 9.59 Å². The zero-order chi connectivity index (χ0) is 21.8. The van der Waals surface area contributed by atoms with Gasteiger partial charge in [-0.1, -0.05) is 0 Å². The molecule has 164 valence electrons. The number of nitrogens with zero attached hydrogens (tertiary/aromatic N) is 4. The van der Waals surface area contributed by atoms with Crippen molar-refractivity contribution in [2.75, 3.05) is 13.7 Å². The molecule has 1 fully saturated rings. The number of guanidine groups is 1. The van der Waals surface area contributed by atoms with Crippen molar-refractivity contribution in [2.24, 2.45) is 10.7 Å². The summed E-state index contributed by atoms with van der Waals surface area (Å²) in [7, 11) is 1.58. The first-order chi connectivity index (χ1) is 15.1. The standard InChI is InChI=1S/C21H26N6O4/c1-30-19-14-12-27-16(11-18(22)28)20(29)25-21(27)24-15(14)5-6-17(19)31-10-4-2-3-8-26-9-7-23-13-26/h5-7,9,13,16H,2-4,8,10-12H2,1H3,(H2,22,28)(H,24,25,29). The van der Waals surface area contributed by atoms with E-state index < -0.39 is 11.9 Å². The van der Waals surface area contributed by atoms with Gasteiger partial charge in [-0.25, -0.2) is 9.98 Å². The Labute approximate surface area is 180 Å². The van der Waals surface area contributed by atoms with Crippen LogP contribution in [0, 0.1) is 0 Å². The van der Waals surface area contributed by atoms with Crippen LogP contribution in [0.25, 0.3) is 0 Å². The molecule has 0 spiro atoms. The number of rotatable bonds is 10. The van der Waals surface area contributed by atoms with Crippen LogP contribution in [0.1, 0.15) is 31.2 Å². The number of nitrogens with two attached hydrogens (primary N) is 1. The molecule has 0 aliphatic carbocycles. The summed E-state index contributed by atoms with van der Waals surface area (Å²) in [5.74, 6) is 0.841. The van der Waals surface area contributed by atoms with Crippen LogP contribution in [0.2, 0.25) is 0 Å². The number of fused-ring (bicyclic) bond motifs is 2. The average molecular weight is 426 g/mol. The van der Waals surface area contributed by atoms with Gasteiger partial charge >= 0.3 is 0 Å². The molecule has 1 saturated heterocycles. The third-order valence-electron chi connectivity index (χ3n) is 5.42. The molecule has 2 amide bonds. The highest BCUT2D eigenvalue weighted by atomic mass is 16.5. The van der Waals surface area contributed by atoms with E-state index in [2.05, 4.69) is 19.9 Å². The molecule has 10 nitrogen and oxygen atoms in total. The lowest BCUT2D eigenvalue weighted by molar-refractivity contribution is -0.126. The van der Waals surface area contributed by atoms with Crippen molar-refractivity contribution in [3.05, 3.63) is 36.4 Å². The van der Waals surface area contributed by atoms with E-state index in [0.29, 0.717) is 36.3 Å². The maximum Gasteiger partial charge on any atom is 0.250 e. The summed E-state index contributed by atoms with van der Waals surface area (Å²) in [6.45, 7) is 1.88. The van der Waals surface area contributed by atoms with Crippen LogP contribution >= 0.6 is 0 Å². The molecular formula is C21H26N6O4. The molecule has 2 aliphatic heterocycles. The molecule has 2 aliphatic rings. The topological polar surface area (TPSA) is 124 Å². The Morgan fingerprint density at radius 1 is 1.32 bits per heavy atom. The number of aliphatic imine (C=N–C) groups is 1. The lowest BCUT2D eigenvalue weighted by Crippen LogP contribution is -2.39. The maximum absolute atomic E-state index is 12.2. The number of ether oxygens (including phenoxy) is 2. The van der Waals surface area contributed by atoms with E-state index in [4.69, 9.17) is 15.2 Å². The number of hydrogen-bond donors (Lipinski definition) is 2. The van der Waals surface area contributed by atoms with Crippen LogP contribution in [-0.4, -0.2) is 52.0 Å². The van der Waals surface area contributed by atoms with Gasteiger partial charge in [0.15, 0.2) is 11.5 Å². The zero-order valence-corrected chi connectivity index (χ0v) is 17.4. The lowest BCUT2D eigenvalue weighted by Gasteiger charge is -2.29. The van der Waals surface area contributed by atoms with Crippen molar-refractivity contribution < 1.29 is 19.1 Å². The molecule has 10 heteroatoms. The molecule has 1 aromatic heterocycles. The SMILES string of the molecule is COc1c(OCCCCCn2ccnc2)ccc2c1CN1C(=N2)NC(=O)C1CC(N)=O. The van der Waals surface area contributed by atoms with Gasteiger partial charge in [0.05, 0.1) is 38.7 Å². The van der Waals surface area contributed by atoms with Crippen molar-refractivity contribution >= 4 is 23.5 Å². The van der Waals surface area contributed by atoms with Gasteiger partial charge in [0.2, 0.25) is 17.8 Å². The Kier molecular flexibility index (Phi) is 6.06. The molecule has 0 bridgehead atoms. The van der Waals surface area contributed by atoms with Crippen LogP contribution in [0.4, 0.5) is 5.69 Å². The fourth-order valence-electron chi connectivity index (χ4n) is 3.87. The lowest BCUT2D eigenvalue weighted by atomic mass is 10.1. The van der Waals surface area contributed by atoms with Gasteiger partial charge in [-0.2, -0.15) is 0 Å². The van der Waals surface area contributed by atoms with E-state index in [1.165, 1.54) is 0 Å². The summed E-state index contributed by atoms with van der Waals surface area (Å²) < 4.78 is 13.7. The van der Waals surface area contributed by atoms with Crippen LogP contribution in [-0.2, 0) is 22.7 Å². The number of benzene rings is 1. The van der Waals surface area contributed by atoms with Crippen molar-refractivity contribution in [1.29, 1.82) is 0 Å². The third-order valence-corrected chi connectivity index (χ3v) is 5.42.